The van der Waals surface area contributed by atoms with Gasteiger partial charge in [0.15, 0.2) is 0 Å². The van der Waals surface area contributed by atoms with E-state index in [2.05, 4.69) is 10.0 Å². The van der Waals surface area contributed by atoms with Crippen molar-refractivity contribution in [2.24, 2.45) is 0 Å². The second kappa shape index (κ2) is 8.76. The summed E-state index contributed by atoms with van der Waals surface area (Å²) in [5.74, 6) is -0.324. The van der Waals surface area contributed by atoms with Crippen LogP contribution in [0, 0.1) is 13.8 Å². The molecule has 0 bridgehead atoms. The first kappa shape index (κ1) is 21.3. The number of halogens is 1. The monoisotopic (exact) mass is 408 g/mol. The number of amides is 1. The minimum atomic E-state index is -3.93. The zero-order chi connectivity index (χ0) is 20.2. The summed E-state index contributed by atoms with van der Waals surface area (Å²) < 4.78 is 28.2. The van der Waals surface area contributed by atoms with E-state index in [1.165, 1.54) is 18.2 Å². The van der Waals surface area contributed by atoms with Crippen molar-refractivity contribution in [2.45, 2.75) is 51.5 Å². The summed E-state index contributed by atoms with van der Waals surface area (Å²) in [5.41, 5.74) is 2.59. The Hall–Kier alpha value is -2.05. The predicted octanol–water partition coefficient (Wildman–Crippen LogP) is 4.68. The maximum Gasteiger partial charge on any atom is 0.263 e. The minimum absolute atomic E-state index is 0.00614. The van der Waals surface area contributed by atoms with Crippen LogP contribution >= 0.6 is 11.6 Å². The number of sulfonamides is 1. The molecule has 0 aliphatic carbocycles. The number of carbonyl (C=O) groups excluding carboxylic acids is 1. The van der Waals surface area contributed by atoms with Gasteiger partial charge in [-0.05, 0) is 68.7 Å². The van der Waals surface area contributed by atoms with E-state index in [-0.39, 0.29) is 27.4 Å². The van der Waals surface area contributed by atoms with Crippen LogP contribution in [0.25, 0.3) is 0 Å². The number of rotatable bonds is 7. The number of carbonyl (C=O) groups is 1. The van der Waals surface area contributed by atoms with E-state index in [9.17, 15) is 13.2 Å². The van der Waals surface area contributed by atoms with Gasteiger partial charge in [-0.25, -0.2) is 8.42 Å². The molecule has 146 valence electrons. The van der Waals surface area contributed by atoms with E-state index in [1.54, 1.807) is 12.1 Å². The van der Waals surface area contributed by atoms with Crippen molar-refractivity contribution in [2.75, 3.05) is 4.72 Å². The molecule has 7 heteroatoms. The molecular formula is C20H25ClN2O3S. The zero-order valence-electron chi connectivity index (χ0n) is 16.0. The number of hydrogen-bond donors (Lipinski definition) is 2. The fourth-order valence-electron chi connectivity index (χ4n) is 2.91. The first-order chi connectivity index (χ1) is 12.6. The Kier molecular flexibility index (Phi) is 6.89. The van der Waals surface area contributed by atoms with Crippen LogP contribution in [-0.2, 0) is 10.0 Å². The van der Waals surface area contributed by atoms with Gasteiger partial charge < -0.3 is 5.32 Å². The molecule has 0 saturated carbocycles. The smallest absolute Gasteiger partial charge is 0.263 e. The second-order valence-electron chi connectivity index (χ2n) is 6.79. The highest BCUT2D eigenvalue weighted by Crippen LogP contribution is 2.26. The van der Waals surface area contributed by atoms with Gasteiger partial charge in [0.05, 0.1) is 5.02 Å². The van der Waals surface area contributed by atoms with Gasteiger partial charge in [-0.2, -0.15) is 0 Å². The highest BCUT2D eigenvalue weighted by atomic mass is 35.5. The molecular weight excluding hydrogens is 384 g/mol. The summed E-state index contributed by atoms with van der Waals surface area (Å²) >= 11 is 6.12. The fourth-order valence-corrected chi connectivity index (χ4v) is 4.47. The van der Waals surface area contributed by atoms with Crippen LogP contribution in [0.15, 0.2) is 41.3 Å². The lowest BCUT2D eigenvalue weighted by molar-refractivity contribution is 0.0938. The van der Waals surface area contributed by atoms with Crippen LogP contribution in [-0.4, -0.2) is 20.4 Å². The molecule has 2 aromatic carbocycles. The van der Waals surface area contributed by atoms with Crippen LogP contribution in [0.1, 0.15) is 48.2 Å². The highest BCUT2D eigenvalue weighted by molar-refractivity contribution is 7.92. The summed E-state index contributed by atoms with van der Waals surface area (Å²) in [6.07, 6.45) is 1.79. The van der Waals surface area contributed by atoms with Crippen molar-refractivity contribution in [3.05, 3.63) is 58.1 Å². The molecule has 0 fully saturated rings. The maximum absolute atomic E-state index is 12.8. The Morgan fingerprint density at radius 3 is 2.33 bits per heavy atom. The van der Waals surface area contributed by atoms with Crippen LogP contribution in [0.4, 0.5) is 5.69 Å². The van der Waals surface area contributed by atoms with E-state index in [1.807, 2.05) is 33.8 Å². The molecule has 0 saturated heterocycles. The molecule has 0 aliphatic rings. The van der Waals surface area contributed by atoms with E-state index in [0.717, 1.165) is 24.0 Å². The van der Waals surface area contributed by atoms with Crippen LogP contribution in [0.2, 0.25) is 5.02 Å². The first-order valence-corrected chi connectivity index (χ1v) is 10.7. The van der Waals surface area contributed by atoms with Crippen molar-refractivity contribution >= 4 is 33.2 Å². The van der Waals surface area contributed by atoms with Gasteiger partial charge in [-0.1, -0.05) is 31.0 Å². The average molecular weight is 409 g/mol. The number of aryl methyl sites for hydroxylation is 2. The summed E-state index contributed by atoms with van der Waals surface area (Å²) in [5, 5.41) is 2.92. The lowest BCUT2D eigenvalue weighted by Crippen LogP contribution is -2.32. The Morgan fingerprint density at radius 1 is 1.11 bits per heavy atom. The maximum atomic E-state index is 12.8. The molecule has 5 nitrogen and oxygen atoms in total. The van der Waals surface area contributed by atoms with Gasteiger partial charge in [0.2, 0.25) is 0 Å². The molecule has 0 radical (unpaired) electrons. The Morgan fingerprint density at radius 2 is 1.74 bits per heavy atom. The molecule has 2 N–H and O–H groups in total. The summed E-state index contributed by atoms with van der Waals surface area (Å²) in [4.78, 5) is 12.3. The number of nitrogens with one attached hydrogen (secondary N) is 2. The highest BCUT2D eigenvalue weighted by Gasteiger charge is 2.21. The lowest BCUT2D eigenvalue weighted by atomic mass is 10.1. The van der Waals surface area contributed by atoms with Crippen molar-refractivity contribution in [3.63, 3.8) is 0 Å². The Balaban J connectivity index is 2.32. The van der Waals surface area contributed by atoms with E-state index in [4.69, 9.17) is 11.6 Å². The zero-order valence-corrected chi connectivity index (χ0v) is 17.5. The van der Waals surface area contributed by atoms with Gasteiger partial charge in [-0.3, -0.25) is 9.52 Å². The third kappa shape index (κ3) is 5.71. The van der Waals surface area contributed by atoms with Crippen LogP contribution in [0.3, 0.4) is 0 Å². The van der Waals surface area contributed by atoms with Crippen LogP contribution < -0.4 is 10.0 Å². The third-order valence-corrected chi connectivity index (χ3v) is 5.92. The number of hydrogen-bond acceptors (Lipinski definition) is 3. The lowest BCUT2D eigenvalue weighted by Gasteiger charge is -2.15. The van der Waals surface area contributed by atoms with E-state index >= 15 is 0 Å². The largest absolute Gasteiger partial charge is 0.350 e. The topological polar surface area (TPSA) is 75.3 Å². The molecule has 0 aromatic heterocycles. The van der Waals surface area contributed by atoms with Crippen molar-refractivity contribution < 1.29 is 13.2 Å². The molecule has 1 amide bonds. The van der Waals surface area contributed by atoms with Crippen molar-refractivity contribution in [3.8, 4) is 0 Å². The normalized spacial score (nSPS) is 12.5. The van der Waals surface area contributed by atoms with E-state index in [0.29, 0.717) is 5.69 Å². The van der Waals surface area contributed by atoms with Gasteiger partial charge in [0.25, 0.3) is 15.9 Å². The fraction of sp³-hybridized carbons (Fsp3) is 0.350. The van der Waals surface area contributed by atoms with Crippen molar-refractivity contribution in [1.29, 1.82) is 0 Å². The molecule has 0 heterocycles. The molecule has 0 unspecified atom stereocenters. The van der Waals surface area contributed by atoms with Crippen molar-refractivity contribution in [1.82, 2.24) is 5.32 Å². The average Bonchev–Trinajstić information content (AvgIpc) is 2.53. The quantitative estimate of drug-likeness (QED) is 0.698. The van der Waals surface area contributed by atoms with Gasteiger partial charge in [0.1, 0.15) is 4.90 Å². The molecule has 2 aromatic rings. The molecule has 27 heavy (non-hydrogen) atoms. The summed E-state index contributed by atoms with van der Waals surface area (Å²) in [7, 11) is -3.93. The van der Waals surface area contributed by atoms with Gasteiger partial charge in [0, 0.05) is 17.3 Å². The molecule has 1 atom stereocenters. The Bertz CT molecular complexity index is 922. The van der Waals surface area contributed by atoms with E-state index < -0.39 is 10.0 Å². The number of anilines is 1. The molecule has 0 aliphatic heterocycles. The second-order valence-corrected chi connectivity index (χ2v) is 8.85. The predicted molar refractivity (Wildman–Crippen MR) is 110 cm³/mol. The SMILES string of the molecule is CCC[C@H](C)NC(=O)c1ccc(Cl)c(S(=O)(=O)Nc2cc(C)cc(C)c2)c1. The number of benzene rings is 2. The van der Waals surface area contributed by atoms with Crippen LogP contribution in [0.5, 0.6) is 0 Å². The molecule has 2 rings (SSSR count). The summed E-state index contributed by atoms with van der Waals surface area (Å²) in [6, 6.07) is 9.69. The standard InChI is InChI=1S/C20H25ClN2O3S/c1-5-6-15(4)22-20(24)16-7-8-18(21)19(12-16)27(25,26)23-17-10-13(2)9-14(3)11-17/h7-12,15,23H,5-6H2,1-4H3,(H,22,24)/t15-/m0/s1. The minimum Gasteiger partial charge on any atom is -0.350 e. The molecule has 0 spiro atoms. The third-order valence-electron chi connectivity index (χ3n) is 4.06. The first-order valence-electron chi connectivity index (χ1n) is 8.84. The Labute approximate surface area is 166 Å². The summed E-state index contributed by atoms with van der Waals surface area (Å²) in [6.45, 7) is 7.73. The van der Waals surface area contributed by atoms with Gasteiger partial charge >= 0.3 is 0 Å². The van der Waals surface area contributed by atoms with Gasteiger partial charge in [-0.15, -0.1) is 0 Å².